The molecule has 1 aromatic carbocycles. The lowest BCUT2D eigenvalue weighted by atomic mass is 10.0. The second-order valence-electron chi connectivity index (χ2n) is 3.94. The summed E-state index contributed by atoms with van der Waals surface area (Å²) >= 11 is 0. The van der Waals surface area contributed by atoms with Gasteiger partial charge in [-0.2, -0.15) is 5.26 Å². The van der Waals surface area contributed by atoms with Crippen molar-refractivity contribution in [2.45, 2.75) is 26.2 Å². The molecule has 0 aliphatic carbocycles. The number of amides is 1. The van der Waals surface area contributed by atoms with Crippen LogP contribution in [-0.4, -0.2) is 12.5 Å². The van der Waals surface area contributed by atoms with Gasteiger partial charge in [-0.25, -0.2) is 0 Å². The predicted molar refractivity (Wildman–Crippen MR) is 63.1 cm³/mol. The van der Waals surface area contributed by atoms with Gasteiger partial charge in [0.15, 0.2) is 0 Å². The summed E-state index contributed by atoms with van der Waals surface area (Å²) in [5.74, 6) is 0.296. The molecule has 16 heavy (non-hydrogen) atoms. The van der Waals surface area contributed by atoms with E-state index < -0.39 is 0 Å². The van der Waals surface area contributed by atoms with E-state index in [9.17, 15) is 4.79 Å². The fraction of sp³-hybridized carbons (Fsp3) is 0.385. The normalized spacial score (nSPS) is 9.88. The van der Waals surface area contributed by atoms with Crippen LogP contribution in [0.25, 0.3) is 0 Å². The number of nitrogens with zero attached hydrogens (tertiary/aromatic N) is 1. The van der Waals surface area contributed by atoms with Gasteiger partial charge in [-0.3, -0.25) is 4.79 Å². The van der Waals surface area contributed by atoms with Crippen molar-refractivity contribution in [1.29, 1.82) is 5.26 Å². The minimum Gasteiger partial charge on any atom is -0.351 e. The van der Waals surface area contributed by atoms with Crippen LogP contribution in [0.2, 0.25) is 0 Å². The van der Waals surface area contributed by atoms with Gasteiger partial charge >= 0.3 is 0 Å². The van der Waals surface area contributed by atoms with Gasteiger partial charge in [0.05, 0.1) is 12.5 Å². The van der Waals surface area contributed by atoms with E-state index in [1.807, 2.05) is 24.3 Å². The SMILES string of the molecule is CC(C)c1cccc(C(=O)NCCC#N)c1. The predicted octanol–water partition coefficient (Wildman–Crippen LogP) is 2.45. The van der Waals surface area contributed by atoms with Crippen molar-refractivity contribution in [1.82, 2.24) is 5.32 Å². The summed E-state index contributed by atoms with van der Waals surface area (Å²) in [4.78, 5) is 11.7. The van der Waals surface area contributed by atoms with Crippen LogP contribution in [0.5, 0.6) is 0 Å². The lowest BCUT2D eigenvalue weighted by molar-refractivity contribution is 0.0954. The van der Waals surface area contributed by atoms with Gasteiger partial charge in [-0.15, -0.1) is 0 Å². The molecule has 1 amide bonds. The van der Waals surface area contributed by atoms with Crippen LogP contribution >= 0.6 is 0 Å². The molecule has 0 heterocycles. The summed E-state index contributed by atoms with van der Waals surface area (Å²) in [5, 5.41) is 11.1. The molecule has 0 saturated heterocycles. The lowest BCUT2D eigenvalue weighted by Gasteiger charge is -2.08. The smallest absolute Gasteiger partial charge is 0.251 e. The highest BCUT2D eigenvalue weighted by molar-refractivity contribution is 5.94. The number of carbonyl (C=O) groups is 1. The van der Waals surface area contributed by atoms with E-state index in [0.717, 1.165) is 5.56 Å². The lowest BCUT2D eigenvalue weighted by Crippen LogP contribution is -2.24. The van der Waals surface area contributed by atoms with Gasteiger partial charge in [0, 0.05) is 12.1 Å². The molecule has 0 fully saturated rings. The van der Waals surface area contributed by atoms with Crippen molar-refractivity contribution in [3.8, 4) is 6.07 Å². The molecular formula is C13H16N2O. The van der Waals surface area contributed by atoms with Crippen molar-refractivity contribution in [3.63, 3.8) is 0 Å². The third-order valence-electron chi connectivity index (χ3n) is 2.34. The zero-order valence-electron chi connectivity index (χ0n) is 9.66. The second kappa shape index (κ2) is 5.92. The molecule has 3 nitrogen and oxygen atoms in total. The van der Waals surface area contributed by atoms with Gasteiger partial charge in [0.2, 0.25) is 0 Å². The number of carbonyl (C=O) groups excluding carboxylic acids is 1. The van der Waals surface area contributed by atoms with Crippen LogP contribution in [0.3, 0.4) is 0 Å². The molecule has 3 heteroatoms. The molecule has 0 aromatic heterocycles. The maximum absolute atomic E-state index is 11.7. The molecule has 84 valence electrons. The molecule has 1 rings (SSSR count). The number of nitriles is 1. The Morgan fingerprint density at radius 3 is 2.88 bits per heavy atom. The third-order valence-corrected chi connectivity index (χ3v) is 2.34. The van der Waals surface area contributed by atoms with Gasteiger partial charge in [-0.05, 0) is 23.6 Å². The fourth-order valence-electron chi connectivity index (χ4n) is 1.37. The van der Waals surface area contributed by atoms with Crippen LogP contribution < -0.4 is 5.32 Å². The van der Waals surface area contributed by atoms with Crippen LogP contribution in [-0.2, 0) is 0 Å². The quantitative estimate of drug-likeness (QED) is 0.786. The average Bonchev–Trinajstić information content (AvgIpc) is 2.29. The van der Waals surface area contributed by atoms with Crippen molar-refractivity contribution in [3.05, 3.63) is 35.4 Å². The van der Waals surface area contributed by atoms with Crippen molar-refractivity contribution in [2.75, 3.05) is 6.54 Å². The van der Waals surface area contributed by atoms with E-state index in [1.165, 1.54) is 0 Å². The number of rotatable bonds is 4. The Labute approximate surface area is 96.1 Å². The Bertz CT molecular complexity index is 405. The first-order valence-electron chi connectivity index (χ1n) is 5.40. The number of hydrogen-bond acceptors (Lipinski definition) is 2. The molecule has 0 unspecified atom stereocenters. The van der Waals surface area contributed by atoms with Crippen molar-refractivity contribution < 1.29 is 4.79 Å². The monoisotopic (exact) mass is 216 g/mol. The topological polar surface area (TPSA) is 52.9 Å². The van der Waals surface area contributed by atoms with Gasteiger partial charge in [0.25, 0.3) is 5.91 Å². The Hall–Kier alpha value is -1.82. The minimum absolute atomic E-state index is 0.113. The fourth-order valence-corrected chi connectivity index (χ4v) is 1.37. The summed E-state index contributed by atoms with van der Waals surface area (Å²) in [5.41, 5.74) is 1.80. The molecule has 1 aromatic rings. The highest BCUT2D eigenvalue weighted by atomic mass is 16.1. The van der Waals surface area contributed by atoms with Crippen LogP contribution in [0.1, 0.15) is 42.1 Å². The standard InChI is InChI=1S/C13H16N2O/c1-10(2)11-5-3-6-12(9-11)13(16)15-8-4-7-14/h3,5-6,9-10H,4,8H2,1-2H3,(H,15,16). The van der Waals surface area contributed by atoms with Crippen molar-refractivity contribution in [2.24, 2.45) is 0 Å². The first-order valence-corrected chi connectivity index (χ1v) is 5.40. The Kier molecular flexibility index (Phi) is 4.53. The average molecular weight is 216 g/mol. The summed E-state index contributed by atoms with van der Waals surface area (Å²) in [6, 6.07) is 9.56. The Morgan fingerprint density at radius 2 is 2.25 bits per heavy atom. The molecule has 0 aliphatic heterocycles. The Balaban J connectivity index is 2.69. The molecule has 0 radical (unpaired) electrons. The first-order chi connectivity index (χ1) is 7.65. The molecule has 0 aliphatic rings. The van der Waals surface area contributed by atoms with Gasteiger partial charge < -0.3 is 5.32 Å². The molecule has 0 atom stereocenters. The van der Waals surface area contributed by atoms with E-state index in [4.69, 9.17) is 5.26 Å². The van der Waals surface area contributed by atoms with Crippen LogP contribution in [0.4, 0.5) is 0 Å². The Morgan fingerprint density at radius 1 is 1.50 bits per heavy atom. The highest BCUT2D eigenvalue weighted by Crippen LogP contribution is 2.15. The van der Waals surface area contributed by atoms with Crippen molar-refractivity contribution >= 4 is 5.91 Å². The molecular weight excluding hydrogens is 200 g/mol. The highest BCUT2D eigenvalue weighted by Gasteiger charge is 2.06. The van der Waals surface area contributed by atoms with E-state index in [1.54, 1.807) is 6.07 Å². The van der Waals surface area contributed by atoms with Crippen LogP contribution in [0.15, 0.2) is 24.3 Å². The largest absolute Gasteiger partial charge is 0.351 e. The van der Waals surface area contributed by atoms with E-state index in [2.05, 4.69) is 19.2 Å². The summed E-state index contributed by atoms with van der Waals surface area (Å²) in [6.07, 6.45) is 0.343. The van der Waals surface area contributed by atoms with Gasteiger partial charge in [-0.1, -0.05) is 26.0 Å². The number of hydrogen-bond donors (Lipinski definition) is 1. The molecule has 1 N–H and O–H groups in total. The zero-order valence-corrected chi connectivity index (χ0v) is 9.66. The second-order valence-corrected chi connectivity index (χ2v) is 3.94. The van der Waals surface area contributed by atoms with Gasteiger partial charge in [0.1, 0.15) is 0 Å². The zero-order chi connectivity index (χ0) is 12.0. The van der Waals surface area contributed by atoms with Crippen LogP contribution in [0, 0.1) is 11.3 Å². The summed E-state index contributed by atoms with van der Waals surface area (Å²) < 4.78 is 0. The van der Waals surface area contributed by atoms with E-state index in [0.29, 0.717) is 24.4 Å². The molecule has 0 saturated carbocycles. The maximum atomic E-state index is 11.7. The number of benzene rings is 1. The summed E-state index contributed by atoms with van der Waals surface area (Å²) in [6.45, 7) is 4.58. The first kappa shape index (κ1) is 12.3. The maximum Gasteiger partial charge on any atom is 0.251 e. The third kappa shape index (κ3) is 3.39. The molecule has 0 bridgehead atoms. The van der Waals surface area contributed by atoms with E-state index in [-0.39, 0.29) is 5.91 Å². The number of nitrogens with one attached hydrogen (secondary N) is 1. The minimum atomic E-state index is -0.113. The molecule has 0 spiro atoms. The van der Waals surface area contributed by atoms with E-state index >= 15 is 0 Å². The summed E-state index contributed by atoms with van der Waals surface area (Å²) in [7, 11) is 0.